The van der Waals surface area contributed by atoms with Crippen LogP contribution in [0.4, 0.5) is 11.9 Å². The number of anilines is 2. The lowest BCUT2D eigenvalue weighted by molar-refractivity contribution is 0.0752. The lowest BCUT2D eigenvalue weighted by Crippen LogP contribution is -2.52. The highest BCUT2D eigenvalue weighted by Gasteiger charge is 2.43. The molecule has 14 nitrogen and oxygen atoms in total. The van der Waals surface area contributed by atoms with Crippen molar-refractivity contribution in [3.8, 4) is 0 Å². The van der Waals surface area contributed by atoms with Gasteiger partial charge in [0.2, 0.25) is 11.9 Å². The SMILES string of the molecule is CN1CCN(C2CCC(Nc3ncc4cc5n(c4n3)C3(CCCCC3)CCC5=O)CC2)CC1.O=C1CCC2(CCCCC2)n2c1cc1cnc(NC3CCC(N4CCN(CC5CC5)CC4)CC3)nc12. The molecule has 13 rings (SSSR count). The number of piperazine rings is 2. The van der Waals surface area contributed by atoms with E-state index in [0.717, 1.165) is 76.2 Å². The number of carbonyl (C=O) groups is 2. The van der Waals surface area contributed by atoms with E-state index in [-0.39, 0.29) is 22.6 Å². The first-order valence-electron chi connectivity index (χ1n) is 28.0. The number of rotatable bonds is 8. The van der Waals surface area contributed by atoms with E-state index in [4.69, 9.17) is 9.97 Å². The molecule has 8 heterocycles. The molecule has 7 fully saturated rings. The molecular formula is C55H80N12O2. The number of Topliss-reactive ketones (excluding diaryl/α,β-unsaturated/α-hetero) is 2. The molecule has 5 aliphatic carbocycles. The Kier molecular flexibility index (Phi) is 13.1. The predicted molar refractivity (Wildman–Crippen MR) is 273 cm³/mol. The number of hydrogen-bond donors (Lipinski definition) is 2. The maximum atomic E-state index is 12.8. The first-order valence-corrected chi connectivity index (χ1v) is 28.0. The van der Waals surface area contributed by atoms with Crippen LogP contribution < -0.4 is 10.6 Å². The third kappa shape index (κ3) is 9.50. The topological polar surface area (TPSA) is 133 Å². The summed E-state index contributed by atoms with van der Waals surface area (Å²) in [6, 6.07) is 6.44. The number of aromatic nitrogens is 6. The molecule has 2 saturated heterocycles. The number of ketones is 2. The number of nitrogens with one attached hydrogen (secondary N) is 2. The Labute approximate surface area is 410 Å². The number of nitrogens with zero attached hydrogens (tertiary/aromatic N) is 10. The summed E-state index contributed by atoms with van der Waals surface area (Å²) in [5.41, 5.74) is 3.81. The molecule has 4 aliphatic heterocycles. The van der Waals surface area contributed by atoms with Crippen molar-refractivity contribution < 1.29 is 9.59 Å². The van der Waals surface area contributed by atoms with Gasteiger partial charge in [0.05, 0.1) is 11.4 Å². The van der Waals surface area contributed by atoms with Crippen molar-refractivity contribution in [3.63, 3.8) is 0 Å². The van der Waals surface area contributed by atoms with Crippen LogP contribution in [0.25, 0.3) is 22.1 Å². The molecule has 0 bridgehead atoms. The third-order valence-electron chi connectivity index (χ3n) is 19.1. The van der Waals surface area contributed by atoms with Gasteiger partial charge < -0.3 is 29.6 Å². The van der Waals surface area contributed by atoms with Crippen molar-refractivity contribution >= 4 is 45.5 Å². The number of likely N-dealkylation sites (N-methyl/N-ethyl adjacent to an activating group) is 1. The average molecular weight is 941 g/mol. The highest BCUT2D eigenvalue weighted by molar-refractivity contribution is 6.01. The lowest BCUT2D eigenvalue weighted by atomic mass is 9.75. The summed E-state index contributed by atoms with van der Waals surface area (Å²) in [6.45, 7) is 11.1. The Morgan fingerprint density at radius 3 is 1.41 bits per heavy atom. The minimum absolute atomic E-state index is 0.0788. The van der Waals surface area contributed by atoms with E-state index in [9.17, 15) is 9.59 Å². The Bertz CT molecular complexity index is 2450. The van der Waals surface area contributed by atoms with Crippen LogP contribution >= 0.6 is 0 Å². The molecule has 5 saturated carbocycles. The summed E-state index contributed by atoms with van der Waals surface area (Å²) in [4.78, 5) is 55.6. The van der Waals surface area contributed by atoms with Gasteiger partial charge in [-0.1, -0.05) is 38.5 Å². The molecule has 4 aromatic heterocycles. The van der Waals surface area contributed by atoms with Crippen LogP contribution in [0.5, 0.6) is 0 Å². The van der Waals surface area contributed by atoms with Gasteiger partial charge >= 0.3 is 0 Å². The first-order chi connectivity index (χ1) is 33.8. The van der Waals surface area contributed by atoms with Gasteiger partial charge in [0.1, 0.15) is 11.3 Å². The second-order valence-corrected chi connectivity index (χ2v) is 23.5. The van der Waals surface area contributed by atoms with Gasteiger partial charge in [0, 0.05) is 130 Å². The summed E-state index contributed by atoms with van der Waals surface area (Å²) >= 11 is 0. The van der Waals surface area contributed by atoms with Crippen LogP contribution in [0.1, 0.15) is 175 Å². The van der Waals surface area contributed by atoms with Gasteiger partial charge in [-0.05, 0) is 128 Å². The molecule has 2 spiro atoms. The van der Waals surface area contributed by atoms with Crippen molar-refractivity contribution in [3.05, 3.63) is 35.9 Å². The Hall–Kier alpha value is -3.98. The van der Waals surface area contributed by atoms with Crippen molar-refractivity contribution in [1.82, 2.24) is 48.7 Å². The predicted octanol–water partition coefficient (Wildman–Crippen LogP) is 8.86. The van der Waals surface area contributed by atoms with Gasteiger partial charge in [-0.2, -0.15) is 9.97 Å². The van der Waals surface area contributed by atoms with Gasteiger partial charge in [-0.25, -0.2) is 9.97 Å². The third-order valence-corrected chi connectivity index (χ3v) is 19.1. The molecule has 9 aliphatic rings. The molecular weight excluding hydrogens is 861 g/mol. The molecule has 14 heteroatoms. The zero-order chi connectivity index (χ0) is 46.5. The zero-order valence-corrected chi connectivity index (χ0v) is 41.8. The standard InChI is InChI=1S/C29H42N6O.C26H38N6O/c36-26-10-13-29(11-2-1-3-12-29)35-25(26)18-22-19-30-28(32-27(22)35)31-23-6-8-24(9-7-23)34-16-14-33(15-17-34)20-21-4-5-21;1-30-13-15-31(16-14-30)21-7-5-20(6-8-21)28-25-27-18-19-17-22-23(33)9-12-26(10-3-2-4-11-26)32(22)24(19)29-25/h18-19,21,23-24H,1-17,20H2,(H,30,31,32);17-18,20-21H,2-16H2,1H3,(H,27,28,29). The molecule has 4 aromatic rings. The maximum absolute atomic E-state index is 12.8. The quantitative estimate of drug-likeness (QED) is 0.175. The molecule has 0 amide bonds. The molecule has 2 N–H and O–H groups in total. The van der Waals surface area contributed by atoms with Crippen LogP contribution in [0, 0.1) is 5.92 Å². The van der Waals surface area contributed by atoms with E-state index < -0.39 is 0 Å². The second-order valence-electron chi connectivity index (χ2n) is 23.5. The summed E-state index contributed by atoms with van der Waals surface area (Å²) in [6.07, 6.45) is 32.1. The van der Waals surface area contributed by atoms with Crippen LogP contribution in [0.3, 0.4) is 0 Å². The monoisotopic (exact) mass is 941 g/mol. The fourth-order valence-corrected chi connectivity index (χ4v) is 14.7. The Balaban J connectivity index is 0.000000143. The molecule has 69 heavy (non-hydrogen) atoms. The largest absolute Gasteiger partial charge is 0.351 e. The fourth-order valence-electron chi connectivity index (χ4n) is 14.7. The average Bonchev–Trinajstić information content (AvgIpc) is 3.98. The van der Waals surface area contributed by atoms with Crippen LogP contribution in [-0.4, -0.2) is 150 Å². The Morgan fingerprint density at radius 1 is 0.536 bits per heavy atom. The van der Waals surface area contributed by atoms with E-state index >= 15 is 0 Å². The highest BCUT2D eigenvalue weighted by Crippen LogP contribution is 2.47. The minimum atomic E-state index is 0.0788. The van der Waals surface area contributed by atoms with Crippen molar-refractivity contribution in [2.75, 3.05) is 76.6 Å². The van der Waals surface area contributed by atoms with Gasteiger partial charge in [-0.3, -0.25) is 19.4 Å². The van der Waals surface area contributed by atoms with E-state index in [1.54, 1.807) is 0 Å². The normalized spacial score (nSPS) is 29.2. The molecule has 372 valence electrons. The lowest BCUT2D eigenvalue weighted by Gasteiger charge is -2.42. The number of fused-ring (bicyclic) bond motifs is 8. The minimum Gasteiger partial charge on any atom is -0.351 e. The highest BCUT2D eigenvalue weighted by atomic mass is 16.1. The van der Waals surface area contributed by atoms with E-state index in [0.29, 0.717) is 24.9 Å². The summed E-state index contributed by atoms with van der Waals surface area (Å²) in [7, 11) is 2.23. The van der Waals surface area contributed by atoms with Crippen molar-refractivity contribution in [1.29, 1.82) is 0 Å². The van der Waals surface area contributed by atoms with Crippen molar-refractivity contribution in [2.45, 2.75) is 189 Å². The van der Waals surface area contributed by atoms with E-state index in [1.165, 1.54) is 187 Å². The Morgan fingerprint density at radius 2 is 0.971 bits per heavy atom. The number of carbonyl (C=O) groups excluding carboxylic acids is 2. The van der Waals surface area contributed by atoms with Crippen molar-refractivity contribution in [2.24, 2.45) is 5.92 Å². The van der Waals surface area contributed by atoms with Crippen LogP contribution in [0.2, 0.25) is 0 Å². The number of hydrogen-bond acceptors (Lipinski definition) is 12. The first kappa shape index (κ1) is 46.1. The van der Waals surface area contributed by atoms with Gasteiger partial charge in [0.25, 0.3) is 0 Å². The molecule has 0 atom stereocenters. The fraction of sp³-hybridized carbons (Fsp3) is 0.745. The van der Waals surface area contributed by atoms with E-state index in [2.05, 4.69) is 56.4 Å². The molecule has 0 unspecified atom stereocenters. The van der Waals surface area contributed by atoms with Crippen LogP contribution in [0.15, 0.2) is 24.5 Å². The smallest absolute Gasteiger partial charge is 0.224 e. The second kappa shape index (κ2) is 19.6. The van der Waals surface area contributed by atoms with Gasteiger partial charge in [0.15, 0.2) is 11.6 Å². The van der Waals surface area contributed by atoms with E-state index in [1.807, 2.05) is 24.5 Å². The molecule has 0 radical (unpaired) electrons. The van der Waals surface area contributed by atoms with Crippen LogP contribution in [-0.2, 0) is 11.1 Å². The molecule has 0 aromatic carbocycles. The summed E-state index contributed by atoms with van der Waals surface area (Å²) in [5, 5.41) is 9.36. The maximum Gasteiger partial charge on any atom is 0.224 e. The van der Waals surface area contributed by atoms with Gasteiger partial charge in [-0.15, -0.1) is 0 Å². The summed E-state index contributed by atoms with van der Waals surface area (Å²) in [5.74, 6) is 3.01. The zero-order valence-electron chi connectivity index (χ0n) is 41.8. The summed E-state index contributed by atoms with van der Waals surface area (Å²) < 4.78 is 4.66.